The van der Waals surface area contributed by atoms with E-state index in [0.717, 1.165) is 0 Å². The van der Waals surface area contributed by atoms with Gasteiger partial charge in [-0.3, -0.25) is 0 Å². The van der Waals surface area contributed by atoms with Crippen LogP contribution >= 0.6 is 0 Å². The monoisotopic (exact) mass is 240 g/mol. The van der Waals surface area contributed by atoms with Crippen LogP contribution in [0.2, 0.25) is 0 Å². The van der Waals surface area contributed by atoms with Crippen molar-refractivity contribution in [3.8, 4) is 0 Å². The molecule has 0 aromatic heterocycles. The maximum atomic E-state index is 3.61. The fourth-order valence-electron chi connectivity index (χ4n) is 2.98. The van der Waals surface area contributed by atoms with Crippen LogP contribution in [-0.2, 0) is 0 Å². The van der Waals surface area contributed by atoms with E-state index < -0.39 is 0 Å². The number of nitrogens with zero attached hydrogens (tertiary/aromatic N) is 1. The molecule has 1 saturated heterocycles. The van der Waals surface area contributed by atoms with Gasteiger partial charge in [-0.25, -0.2) is 0 Å². The van der Waals surface area contributed by atoms with Crippen molar-refractivity contribution in [2.24, 2.45) is 5.41 Å². The third-order valence-corrected chi connectivity index (χ3v) is 4.81. The van der Waals surface area contributed by atoms with E-state index in [1.165, 1.54) is 51.7 Å². The first-order chi connectivity index (χ1) is 7.96. The van der Waals surface area contributed by atoms with Crippen LogP contribution in [0.5, 0.6) is 0 Å². The maximum absolute atomic E-state index is 3.61. The molecule has 1 aliphatic rings. The van der Waals surface area contributed by atoms with Crippen LogP contribution in [-0.4, -0.2) is 37.1 Å². The van der Waals surface area contributed by atoms with Crippen LogP contribution in [0.25, 0.3) is 0 Å². The molecule has 1 aliphatic heterocycles. The second kappa shape index (κ2) is 6.19. The highest BCUT2D eigenvalue weighted by Gasteiger charge is 2.35. The Bertz CT molecular complexity index is 211. The van der Waals surface area contributed by atoms with E-state index in [2.05, 4.69) is 45.0 Å². The zero-order chi connectivity index (χ0) is 12.9. The molecule has 0 spiro atoms. The predicted molar refractivity (Wildman–Crippen MR) is 76.4 cm³/mol. The van der Waals surface area contributed by atoms with Gasteiger partial charge in [0.05, 0.1) is 0 Å². The van der Waals surface area contributed by atoms with Crippen LogP contribution < -0.4 is 5.32 Å². The van der Waals surface area contributed by atoms with Crippen molar-refractivity contribution in [3.63, 3.8) is 0 Å². The lowest BCUT2D eigenvalue weighted by Crippen LogP contribution is -2.51. The molecule has 0 bridgehead atoms. The Morgan fingerprint density at radius 3 is 2.47 bits per heavy atom. The fraction of sp³-hybridized carbons (Fsp3) is 1.00. The molecule has 1 rings (SSSR count). The molecule has 1 atom stereocenters. The minimum absolute atomic E-state index is 0.332. The van der Waals surface area contributed by atoms with Crippen molar-refractivity contribution in [2.75, 3.05) is 26.7 Å². The van der Waals surface area contributed by atoms with Gasteiger partial charge in [0.25, 0.3) is 0 Å². The SMILES string of the molecule is CCCC1(CN(C)C(C)(C)CC)CCCNC1. The van der Waals surface area contributed by atoms with Crippen molar-refractivity contribution in [1.82, 2.24) is 10.2 Å². The largest absolute Gasteiger partial charge is 0.316 e. The van der Waals surface area contributed by atoms with Crippen molar-refractivity contribution in [2.45, 2.75) is 65.3 Å². The molecule has 102 valence electrons. The number of nitrogens with one attached hydrogen (secondary N) is 1. The molecule has 0 aliphatic carbocycles. The third kappa shape index (κ3) is 3.96. The molecule has 0 aromatic carbocycles. The Morgan fingerprint density at radius 2 is 2.00 bits per heavy atom. The van der Waals surface area contributed by atoms with Gasteiger partial charge in [-0.15, -0.1) is 0 Å². The molecule has 17 heavy (non-hydrogen) atoms. The second-order valence-electron chi connectivity index (χ2n) is 6.55. The predicted octanol–water partition coefficient (Wildman–Crippen LogP) is 3.28. The molecule has 1 unspecified atom stereocenters. The van der Waals surface area contributed by atoms with E-state index in [9.17, 15) is 0 Å². The average molecular weight is 240 g/mol. The van der Waals surface area contributed by atoms with Gasteiger partial charge < -0.3 is 10.2 Å². The summed E-state index contributed by atoms with van der Waals surface area (Å²) in [5, 5.41) is 3.61. The molecule has 1 fully saturated rings. The topological polar surface area (TPSA) is 15.3 Å². The van der Waals surface area contributed by atoms with Gasteiger partial charge in [0, 0.05) is 18.6 Å². The van der Waals surface area contributed by atoms with E-state index in [1.54, 1.807) is 0 Å². The summed E-state index contributed by atoms with van der Waals surface area (Å²) in [4.78, 5) is 2.58. The molecule has 0 amide bonds. The fourth-order valence-corrected chi connectivity index (χ4v) is 2.98. The summed E-state index contributed by atoms with van der Waals surface area (Å²) in [6, 6.07) is 0. The lowest BCUT2D eigenvalue weighted by Gasteiger charge is -2.45. The Morgan fingerprint density at radius 1 is 1.29 bits per heavy atom. The molecule has 0 aromatic rings. The van der Waals surface area contributed by atoms with Gasteiger partial charge >= 0.3 is 0 Å². The number of piperidine rings is 1. The summed E-state index contributed by atoms with van der Waals surface area (Å²) in [6.07, 6.45) is 6.64. The molecule has 1 N–H and O–H groups in total. The van der Waals surface area contributed by atoms with Crippen LogP contribution in [0.1, 0.15) is 59.8 Å². The van der Waals surface area contributed by atoms with E-state index in [4.69, 9.17) is 0 Å². The Labute approximate surface area is 108 Å². The van der Waals surface area contributed by atoms with Gasteiger partial charge in [-0.1, -0.05) is 20.3 Å². The van der Waals surface area contributed by atoms with Gasteiger partial charge in [0.2, 0.25) is 0 Å². The summed E-state index contributed by atoms with van der Waals surface area (Å²) in [6.45, 7) is 13.0. The molecule has 2 heteroatoms. The van der Waals surface area contributed by atoms with E-state index in [-0.39, 0.29) is 0 Å². The molecular weight excluding hydrogens is 208 g/mol. The van der Waals surface area contributed by atoms with E-state index in [1.807, 2.05) is 0 Å². The quantitative estimate of drug-likeness (QED) is 0.766. The number of hydrogen-bond acceptors (Lipinski definition) is 2. The normalized spacial score (nSPS) is 26.5. The van der Waals surface area contributed by atoms with E-state index in [0.29, 0.717) is 11.0 Å². The van der Waals surface area contributed by atoms with Crippen LogP contribution in [0.3, 0.4) is 0 Å². The number of rotatable bonds is 6. The van der Waals surface area contributed by atoms with Crippen LogP contribution in [0, 0.1) is 5.41 Å². The Kier molecular flexibility index (Phi) is 5.46. The van der Waals surface area contributed by atoms with E-state index >= 15 is 0 Å². The van der Waals surface area contributed by atoms with Gasteiger partial charge in [-0.2, -0.15) is 0 Å². The Balaban J connectivity index is 2.65. The minimum Gasteiger partial charge on any atom is -0.316 e. The third-order valence-electron chi connectivity index (χ3n) is 4.81. The summed E-state index contributed by atoms with van der Waals surface area (Å²) in [7, 11) is 2.30. The van der Waals surface area contributed by atoms with Crippen molar-refractivity contribution in [1.29, 1.82) is 0 Å². The Hall–Kier alpha value is -0.0800. The molecule has 2 nitrogen and oxygen atoms in total. The van der Waals surface area contributed by atoms with Gasteiger partial charge in [0.15, 0.2) is 0 Å². The lowest BCUT2D eigenvalue weighted by molar-refractivity contribution is 0.0586. The lowest BCUT2D eigenvalue weighted by atomic mass is 9.76. The number of hydrogen-bond donors (Lipinski definition) is 1. The molecule has 1 heterocycles. The highest BCUT2D eigenvalue weighted by Crippen LogP contribution is 2.34. The molecular formula is C15H32N2. The first kappa shape index (κ1) is 15.0. The summed E-state index contributed by atoms with van der Waals surface area (Å²) in [5.74, 6) is 0. The van der Waals surface area contributed by atoms with Crippen molar-refractivity contribution >= 4 is 0 Å². The second-order valence-corrected chi connectivity index (χ2v) is 6.55. The summed E-state index contributed by atoms with van der Waals surface area (Å²) in [5.41, 5.74) is 0.854. The zero-order valence-electron chi connectivity index (χ0n) is 12.6. The maximum Gasteiger partial charge on any atom is 0.0147 e. The minimum atomic E-state index is 0.332. The summed E-state index contributed by atoms with van der Waals surface area (Å²) < 4.78 is 0. The van der Waals surface area contributed by atoms with Gasteiger partial charge in [-0.05, 0) is 58.5 Å². The first-order valence-electron chi connectivity index (χ1n) is 7.38. The molecule has 0 radical (unpaired) electrons. The zero-order valence-corrected chi connectivity index (χ0v) is 12.6. The molecule has 0 saturated carbocycles. The average Bonchev–Trinajstić information content (AvgIpc) is 2.30. The highest BCUT2D eigenvalue weighted by atomic mass is 15.2. The van der Waals surface area contributed by atoms with Crippen LogP contribution in [0.4, 0.5) is 0 Å². The van der Waals surface area contributed by atoms with Crippen LogP contribution in [0.15, 0.2) is 0 Å². The van der Waals surface area contributed by atoms with Gasteiger partial charge in [0.1, 0.15) is 0 Å². The first-order valence-corrected chi connectivity index (χ1v) is 7.38. The standard InChI is InChI=1S/C15H32N2/c1-6-9-15(10-8-11-16-12-15)13-17(5)14(3,4)7-2/h16H,6-13H2,1-5H3. The smallest absolute Gasteiger partial charge is 0.0147 e. The van der Waals surface area contributed by atoms with Crippen molar-refractivity contribution in [3.05, 3.63) is 0 Å². The van der Waals surface area contributed by atoms with Crippen molar-refractivity contribution < 1.29 is 0 Å². The highest BCUT2D eigenvalue weighted by molar-refractivity contribution is 4.90. The summed E-state index contributed by atoms with van der Waals surface area (Å²) >= 11 is 0.